The molecule has 3 aromatic carbocycles. The Balaban J connectivity index is 1.74. The lowest BCUT2D eigenvalue weighted by molar-refractivity contribution is -0.123. The van der Waals surface area contributed by atoms with Gasteiger partial charge in [-0.05, 0) is 61.9 Å². The van der Waals surface area contributed by atoms with Crippen LogP contribution < -0.4 is 14.4 Å². The van der Waals surface area contributed by atoms with Crippen molar-refractivity contribution < 1.29 is 27.5 Å². The minimum atomic E-state index is -3.91. The van der Waals surface area contributed by atoms with Crippen LogP contribution in [-0.4, -0.2) is 40.6 Å². The fraction of sp³-hybridized carbons (Fsp3) is 0.200. The number of carbonyl (C=O) groups excluding carboxylic acids is 2. The molecule has 0 aliphatic carbocycles. The monoisotopic (exact) mass is 482 g/mol. The Bertz CT molecular complexity index is 1290. The van der Waals surface area contributed by atoms with Gasteiger partial charge in [-0.3, -0.25) is 9.10 Å². The summed E-state index contributed by atoms with van der Waals surface area (Å²) in [6.07, 6.45) is -1.13. The number of rotatable bonds is 8. The molecule has 0 bridgehead atoms. The molecule has 8 nitrogen and oxygen atoms in total. The number of hydrogen-bond donors (Lipinski definition) is 1. The molecule has 0 aromatic heterocycles. The molecule has 0 radical (unpaired) electrons. The Kier molecular flexibility index (Phi) is 7.57. The number of anilines is 2. The number of aryl methyl sites for hydroxylation is 1. The molecule has 0 saturated heterocycles. The number of sulfonamides is 1. The lowest BCUT2D eigenvalue weighted by Gasteiger charge is -2.20. The second-order valence-corrected chi connectivity index (χ2v) is 9.55. The second kappa shape index (κ2) is 10.4. The number of para-hydroxylation sites is 1. The van der Waals surface area contributed by atoms with Crippen molar-refractivity contribution in [1.82, 2.24) is 0 Å². The molecule has 0 fully saturated rings. The highest BCUT2D eigenvalue weighted by Crippen LogP contribution is 2.26. The minimum absolute atomic E-state index is 0.00956. The standard InChI is InChI=1S/C25H26N2O6S/c1-17-13-14-23(32-4)22(15-17)26-24(28)18(2)33-25(29)19-9-8-12-21(16-19)34(30,31)27(3)20-10-6-5-7-11-20/h5-16,18H,1-4H3,(H,26,28). The largest absolute Gasteiger partial charge is 0.495 e. The van der Waals surface area contributed by atoms with Crippen molar-refractivity contribution in [2.45, 2.75) is 24.8 Å². The van der Waals surface area contributed by atoms with Crippen LogP contribution in [0.4, 0.5) is 11.4 Å². The maximum absolute atomic E-state index is 13.0. The molecular formula is C25H26N2O6S. The number of hydrogen-bond acceptors (Lipinski definition) is 6. The van der Waals surface area contributed by atoms with Gasteiger partial charge in [-0.1, -0.05) is 30.3 Å². The molecule has 0 spiro atoms. The van der Waals surface area contributed by atoms with Gasteiger partial charge in [0.2, 0.25) is 0 Å². The first-order valence-electron chi connectivity index (χ1n) is 10.4. The Labute approximate surface area is 199 Å². The zero-order chi connectivity index (χ0) is 24.9. The fourth-order valence-corrected chi connectivity index (χ4v) is 4.40. The van der Waals surface area contributed by atoms with E-state index in [0.29, 0.717) is 17.1 Å². The molecule has 1 amide bonds. The highest BCUT2D eigenvalue weighted by atomic mass is 32.2. The van der Waals surface area contributed by atoms with E-state index in [1.54, 1.807) is 42.5 Å². The summed E-state index contributed by atoms with van der Waals surface area (Å²) in [4.78, 5) is 25.2. The van der Waals surface area contributed by atoms with E-state index in [1.807, 2.05) is 13.0 Å². The van der Waals surface area contributed by atoms with Gasteiger partial charge in [0.1, 0.15) is 5.75 Å². The molecule has 34 heavy (non-hydrogen) atoms. The van der Waals surface area contributed by atoms with Crippen molar-refractivity contribution in [3.63, 3.8) is 0 Å². The normalized spacial score (nSPS) is 11.9. The van der Waals surface area contributed by atoms with Gasteiger partial charge in [-0.25, -0.2) is 13.2 Å². The molecule has 0 saturated carbocycles. The summed E-state index contributed by atoms with van der Waals surface area (Å²) in [6, 6.07) is 19.4. The van der Waals surface area contributed by atoms with E-state index in [4.69, 9.17) is 9.47 Å². The van der Waals surface area contributed by atoms with Crippen LogP contribution in [0.15, 0.2) is 77.7 Å². The predicted molar refractivity (Wildman–Crippen MR) is 130 cm³/mol. The third-order valence-electron chi connectivity index (χ3n) is 5.11. The van der Waals surface area contributed by atoms with E-state index < -0.39 is 28.0 Å². The van der Waals surface area contributed by atoms with Crippen molar-refractivity contribution in [1.29, 1.82) is 0 Å². The van der Waals surface area contributed by atoms with E-state index in [1.165, 1.54) is 45.3 Å². The summed E-state index contributed by atoms with van der Waals surface area (Å²) < 4.78 is 37.7. The van der Waals surface area contributed by atoms with E-state index in [9.17, 15) is 18.0 Å². The quantitative estimate of drug-likeness (QED) is 0.487. The first-order chi connectivity index (χ1) is 16.1. The highest BCUT2D eigenvalue weighted by molar-refractivity contribution is 7.92. The van der Waals surface area contributed by atoms with E-state index >= 15 is 0 Å². The minimum Gasteiger partial charge on any atom is -0.495 e. The van der Waals surface area contributed by atoms with Gasteiger partial charge >= 0.3 is 5.97 Å². The third-order valence-corrected chi connectivity index (χ3v) is 6.90. The lowest BCUT2D eigenvalue weighted by Crippen LogP contribution is -2.30. The zero-order valence-corrected chi connectivity index (χ0v) is 20.1. The molecule has 0 aliphatic rings. The number of benzene rings is 3. The number of ether oxygens (including phenoxy) is 2. The van der Waals surface area contributed by atoms with Crippen LogP contribution in [0.25, 0.3) is 0 Å². The van der Waals surface area contributed by atoms with Gasteiger partial charge in [0.15, 0.2) is 6.10 Å². The summed E-state index contributed by atoms with van der Waals surface area (Å²) in [5.74, 6) is -0.902. The van der Waals surface area contributed by atoms with Gasteiger partial charge < -0.3 is 14.8 Å². The van der Waals surface area contributed by atoms with Gasteiger partial charge in [0.25, 0.3) is 15.9 Å². The number of methoxy groups -OCH3 is 1. The Morgan fingerprint density at radius 2 is 1.68 bits per heavy atom. The average Bonchev–Trinajstić information content (AvgIpc) is 2.84. The van der Waals surface area contributed by atoms with Crippen LogP contribution >= 0.6 is 0 Å². The maximum Gasteiger partial charge on any atom is 0.338 e. The SMILES string of the molecule is COc1ccc(C)cc1NC(=O)C(C)OC(=O)c1cccc(S(=O)(=O)N(C)c2ccccc2)c1. The zero-order valence-electron chi connectivity index (χ0n) is 19.3. The van der Waals surface area contributed by atoms with Crippen LogP contribution in [0.3, 0.4) is 0 Å². The third kappa shape index (κ3) is 5.55. The predicted octanol–water partition coefficient (Wildman–Crippen LogP) is 4.01. The molecule has 1 N–H and O–H groups in total. The highest BCUT2D eigenvalue weighted by Gasteiger charge is 2.24. The number of nitrogens with one attached hydrogen (secondary N) is 1. The molecule has 3 aromatic rings. The van der Waals surface area contributed by atoms with Crippen LogP contribution in [-0.2, 0) is 19.6 Å². The smallest absolute Gasteiger partial charge is 0.338 e. The average molecular weight is 483 g/mol. The van der Waals surface area contributed by atoms with Crippen molar-refractivity contribution in [3.8, 4) is 5.75 Å². The second-order valence-electron chi connectivity index (χ2n) is 7.58. The Morgan fingerprint density at radius 1 is 0.971 bits per heavy atom. The van der Waals surface area contributed by atoms with Crippen LogP contribution in [0.5, 0.6) is 5.75 Å². The molecule has 0 heterocycles. The number of esters is 1. The summed E-state index contributed by atoms with van der Waals surface area (Å²) in [5, 5.41) is 2.68. The molecule has 1 atom stereocenters. The molecular weight excluding hydrogens is 456 g/mol. The number of carbonyl (C=O) groups is 2. The fourth-order valence-electron chi connectivity index (χ4n) is 3.15. The topological polar surface area (TPSA) is 102 Å². The summed E-state index contributed by atoms with van der Waals surface area (Å²) in [7, 11) is -0.995. The van der Waals surface area contributed by atoms with Crippen LogP contribution in [0.1, 0.15) is 22.8 Å². The summed E-state index contributed by atoms with van der Waals surface area (Å²) >= 11 is 0. The van der Waals surface area contributed by atoms with E-state index in [-0.39, 0.29) is 10.5 Å². The number of nitrogens with zero attached hydrogens (tertiary/aromatic N) is 1. The molecule has 1 unspecified atom stereocenters. The summed E-state index contributed by atoms with van der Waals surface area (Å²) in [6.45, 7) is 3.30. The Hall–Kier alpha value is -3.85. The Morgan fingerprint density at radius 3 is 2.35 bits per heavy atom. The first kappa shape index (κ1) is 24.8. The van der Waals surface area contributed by atoms with Crippen molar-refractivity contribution in [2.75, 3.05) is 23.8 Å². The van der Waals surface area contributed by atoms with Gasteiger partial charge in [-0.2, -0.15) is 0 Å². The van der Waals surface area contributed by atoms with Crippen LogP contribution in [0, 0.1) is 6.92 Å². The lowest BCUT2D eigenvalue weighted by atomic mass is 10.2. The van der Waals surface area contributed by atoms with E-state index in [2.05, 4.69) is 5.32 Å². The van der Waals surface area contributed by atoms with Gasteiger partial charge in [-0.15, -0.1) is 0 Å². The molecule has 178 valence electrons. The van der Waals surface area contributed by atoms with Crippen molar-refractivity contribution in [2.24, 2.45) is 0 Å². The molecule has 9 heteroatoms. The van der Waals surface area contributed by atoms with Gasteiger partial charge in [0.05, 0.1) is 28.9 Å². The molecule has 3 rings (SSSR count). The first-order valence-corrected chi connectivity index (χ1v) is 11.9. The molecule has 0 aliphatic heterocycles. The van der Waals surface area contributed by atoms with Crippen LogP contribution in [0.2, 0.25) is 0 Å². The van der Waals surface area contributed by atoms with Crippen molar-refractivity contribution in [3.05, 3.63) is 83.9 Å². The maximum atomic E-state index is 13.0. The number of amides is 1. The van der Waals surface area contributed by atoms with E-state index in [0.717, 1.165) is 9.87 Å². The van der Waals surface area contributed by atoms with Crippen molar-refractivity contribution >= 4 is 33.3 Å². The summed E-state index contributed by atoms with van der Waals surface area (Å²) in [5.41, 5.74) is 1.86. The van der Waals surface area contributed by atoms with Gasteiger partial charge in [0, 0.05) is 7.05 Å².